The predicted octanol–water partition coefficient (Wildman–Crippen LogP) is 4.00. The first kappa shape index (κ1) is 24.3. The molecule has 1 aromatic heterocycles. The number of piperazine rings is 1. The van der Waals surface area contributed by atoms with Gasteiger partial charge in [-0.3, -0.25) is 9.69 Å². The highest BCUT2D eigenvalue weighted by Crippen LogP contribution is 2.24. The summed E-state index contributed by atoms with van der Waals surface area (Å²) in [6.07, 6.45) is 4.33. The fraction of sp³-hybridized carbons (Fsp3) is 0.320. The van der Waals surface area contributed by atoms with Gasteiger partial charge in [0, 0.05) is 39.8 Å². The number of hydrogen-bond acceptors (Lipinski definition) is 6. The fourth-order valence-corrected chi connectivity index (χ4v) is 4.62. The van der Waals surface area contributed by atoms with E-state index < -0.39 is 0 Å². The van der Waals surface area contributed by atoms with Crippen molar-refractivity contribution in [3.05, 3.63) is 77.1 Å². The lowest BCUT2D eigenvalue weighted by molar-refractivity contribution is -0.130. The highest BCUT2D eigenvalue weighted by molar-refractivity contribution is 7.99. The molecule has 2 aromatic carbocycles. The van der Waals surface area contributed by atoms with Gasteiger partial charge in [0.15, 0.2) is 11.0 Å². The number of para-hydroxylation sites is 1. The Bertz CT molecular complexity index is 1110. The summed E-state index contributed by atoms with van der Waals surface area (Å²) in [6, 6.07) is 17.6. The van der Waals surface area contributed by atoms with Gasteiger partial charge in [0.05, 0.1) is 10.8 Å². The topological polar surface area (TPSA) is 63.5 Å². The quantitative estimate of drug-likeness (QED) is 0.416. The van der Waals surface area contributed by atoms with Gasteiger partial charge in [-0.15, -0.1) is 10.2 Å². The maximum absolute atomic E-state index is 12.7. The van der Waals surface area contributed by atoms with Crippen LogP contribution in [0.5, 0.6) is 5.75 Å². The zero-order valence-electron chi connectivity index (χ0n) is 19.1. The van der Waals surface area contributed by atoms with Gasteiger partial charge in [0.1, 0.15) is 12.4 Å². The summed E-state index contributed by atoms with van der Waals surface area (Å²) in [4.78, 5) is 17.0. The van der Waals surface area contributed by atoms with Crippen LogP contribution in [-0.4, -0.2) is 68.9 Å². The highest BCUT2D eigenvalue weighted by Gasteiger charge is 2.21. The molecule has 0 atom stereocenters. The zero-order valence-corrected chi connectivity index (χ0v) is 20.7. The van der Waals surface area contributed by atoms with Crippen LogP contribution in [0.3, 0.4) is 0 Å². The molecule has 0 spiro atoms. The Balaban J connectivity index is 1.19. The Kier molecular flexibility index (Phi) is 8.62. The van der Waals surface area contributed by atoms with E-state index in [0.29, 0.717) is 27.5 Å². The van der Waals surface area contributed by atoms with Crippen LogP contribution >= 0.6 is 23.4 Å². The number of carbonyl (C=O) groups is 1. The standard InChI is InChI=1S/C25H28ClN5O2S/c1-29-23(18-33-22-12-6-5-11-21(22)26)27-28-25(29)34-19-24(32)31-16-14-30(15-17-31)13-7-10-20-8-3-2-4-9-20/h2-12H,13-19H2,1H3. The summed E-state index contributed by atoms with van der Waals surface area (Å²) >= 11 is 7.53. The smallest absolute Gasteiger partial charge is 0.233 e. The van der Waals surface area contributed by atoms with Gasteiger partial charge in [-0.2, -0.15) is 0 Å². The van der Waals surface area contributed by atoms with E-state index in [9.17, 15) is 4.79 Å². The van der Waals surface area contributed by atoms with Gasteiger partial charge in [-0.1, -0.05) is 78.0 Å². The number of thioether (sulfide) groups is 1. The van der Waals surface area contributed by atoms with Crippen molar-refractivity contribution in [2.75, 3.05) is 38.5 Å². The van der Waals surface area contributed by atoms with Crippen molar-refractivity contribution in [2.45, 2.75) is 11.8 Å². The largest absolute Gasteiger partial charge is 0.484 e. The van der Waals surface area contributed by atoms with E-state index in [4.69, 9.17) is 16.3 Å². The van der Waals surface area contributed by atoms with E-state index >= 15 is 0 Å². The van der Waals surface area contributed by atoms with E-state index in [1.807, 2.05) is 52.9 Å². The normalized spacial score (nSPS) is 14.6. The second-order valence-electron chi connectivity index (χ2n) is 7.96. The lowest BCUT2D eigenvalue weighted by Crippen LogP contribution is -2.49. The predicted molar refractivity (Wildman–Crippen MR) is 136 cm³/mol. The molecule has 178 valence electrons. The summed E-state index contributed by atoms with van der Waals surface area (Å²) in [5.41, 5.74) is 1.20. The molecule has 1 aliphatic heterocycles. The van der Waals surface area contributed by atoms with Crippen molar-refractivity contribution in [1.29, 1.82) is 0 Å². The van der Waals surface area contributed by atoms with Crippen LogP contribution in [0.15, 0.2) is 65.8 Å². The van der Waals surface area contributed by atoms with Crippen molar-refractivity contribution in [1.82, 2.24) is 24.6 Å². The molecule has 2 heterocycles. The first-order valence-electron chi connectivity index (χ1n) is 11.2. The summed E-state index contributed by atoms with van der Waals surface area (Å²) in [7, 11) is 1.87. The van der Waals surface area contributed by atoms with Gasteiger partial charge in [-0.25, -0.2) is 0 Å². The number of halogens is 1. The minimum atomic E-state index is 0.126. The molecule has 4 rings (SSSR count). The van der Waals surface area contributed by atoms with Crippen molar-refractivity contribution in [3.63, 3.8) is 0 Å². The average molecular weight is 498 g/mol. The Morgan fingerprint density at radius 2 is 1.79 bits per heavy atom. The molecule has 0 saturated carbocycles. The molecule has 0 radical (unpaired) electrons. The summed E-state index contributed by atoms with van der Waals surface area (Å²) in [6.45, 7) is 4.39. The number of carbonyl (C=O) groups excluding carboxylic acids is 1. The minimum absolute atomic E-state index is 0.126. The molecule has 3 aromatic rings. The maximum Gasteiger partial charge on any atom is 0.233 e. The van der Waals surface area contributed by atoms with E-state index in [1.54, 1.807) is 6.07 Å². The average Bonchev–Trinajstić information content (AvgIpc) is 3.22. The van der Waals surface area contributed by atoms with E-state index in [0.717, 1.165) is 32.7 Å². The Hall–Kier alpha value is -2.81. The molecule has 1 aliphatic rings. The monoisotopic (exact) mass is 497 g/mol. The molecule has 34 heavy (non-hydrogen) atoms. The van der Waals surface area contributed by atoms with Gasteiger partial charge >= 0.3 is 0 Å². The van der Waals surface area contributed by atoms with Crippen LogP contribution in [-0.2, 0) is 18.4 Å². The molecule has 0 N–H and O–H groups in total. The second-order valence-corrected chi connectivity index (χ2v) is 9.31. The highest BCUT2D eigenvalue weighted by atomic mass is 35.5. The van der Waals surface area contributed by atoms with Gasteiger partial charge in [-0.05, 0) is 17.7 Å². The number of aromatic nitrogens is 3. The van der Waals surface area contributed by atoms with Crippen LogP contribution in [0, 0.1) is 0 Å². The number of ether oxygens (including phenoxy) is 1. The molecule has 0 bridgehead atoms. The Morgan fingerprint density at radius 1 is 1.06 bits per heavy atom. The maximum atomic E-state index is 12.7. The van der Waals surface area contributed by atoms with Crippen molar-refractivity contribution < 1.29 is 9.53 Å². The lowest BCUT2D eigenvalue weighted by atomic mass is 10.2. The SMILES string of the molecule is Cn1c(COc2ccccc2Cl)nnc1SCC(=O)N1CCN(CC=Cc2ccccc2)CC1. The van der Waals surface area contributed by atoms with E-state index in [-0.39, 0.29) is 12.5 Å². The van der Waals surface area contributed by atoms with E-state index in [1.165, 1.54) is 17.3 Å². The molecular formula is C25H28ClN5O2S. The van der Waals surface area contributed by atoms with Crippen LogP contribution in [0.1, 0.15) is 11.4 Å². The van der Waals surface area contributed by atoms with Crippen LogP contribution in [0.25, 0.3) is 6.08 Å². The van der Waals surface area contributed by atoms with Crippen molar-refractivity contribution >= 4 is 35.3 Å². The summed E-state index contributed by atoms with van der Waals surface area (Å²) < 4.78 is 7.60. The first-order valence-corrected chi connectivity index (χ1v) is 12.6. The van der Waals surface area contributed by atoms with Crippen LogP contribution in [0.4, 0.5) is 0 Å². The molecule has 0 aliphatic carbocycles. The van der Waals surface area contributed by atoms with Crippen LogP contribution < -0.4 is 4.74 Å². The zero-order chi connectivity index (χ0) is 23.8. The number of benzene rings is 2. The Morgan fingerprint density at radius 3 is 2.56 bits per heavy atom. The van der Waals surface area contributed by atoms with Crippen LogP contribution in [0.2, 0.25) is 5.02 Å². The Labute approximate surface area is 209 Å². The molecule has 0 unspecified atom stereocenters. The number of hydrogen-bond donors (Lipinski definition) is 0. The third-order valence-corrected chi connectivity index (χ3v) is 6.96. The van der Waals surface area contributed by atoms with Gasteiger partial charge < -0.3 is 14.2 Å². The molecule has 9 heteroatoms. The molecule has 1 saturated heterocycles. The molecule has 1 amide bonds. The summed E-state index contributed by atoms with van der Waals surface area (Å²) in [5, 5.41) is 9.66. The van der Waals surface area contributed by atoms with Gasteiger partial charge in [0.25, 0.3) is 0 Å². The lowest BCUT2D eigenvalue weighted by Gasteiger charge is -2.34. The summed E-state index contributed by atoms with van der Waals surface area (Å²) in [5.74, 6) is 1.74. The third-order valence-electron chi connectivity index (χ3n) is 5.64. The number of nitrogens with zero attached hydrogens (tertiary/aromatic N) is 5. The number of amides is 1. The molecule has 7 nitrogen and oxygen atoms in total. The minimum Gasteiger partial charge on any atom is -0.484 e. The number of rotatable bonds is 9. The third kappa shape index (κ3) is 6.62. The van der Waals surface area contributed by atoms with Crippen molar-refractivity contribution in [3.8, 4) is 5.75 Å². The molecule has 1 fully saturated rings. The van der Waals surface area contributed by atoms with Gasteiger partial charge in [0.2, 0.25) is 5.91 Å². The first-order chi connectivity index (χ1) is 16.6. The fourth-order valence-electron chi connectivity index (χ4n) is 3.60. The van der Waals surface area contributed by atoms with Crippen molar-refractivity contribution in [2.24, 2.45) is 7.05 Å². The van der Waals surface area contributed by atoms with E-state index in [2.05, 4.69) is 39.4 Å². The molecular weight excluding hydrogens is 470 g/mol. The second kappa shape index (κ2) is 12.1.